The quantitative estimate of drug-likeness (QED) is 0.546. The molecule has 0 aromatic carbocycles. The van der Waals surface area contributed by atoms with Crippen LogP contribution in [0.15, 0.2) is 4.99 Å². The minimum atomic E-state index is 0.416. The Bertz CT molecular complexity index is 334. The van der Waals surface area contributed by atoms with E-state index in [1.807, 2.05) is 0 Å². The van der Waals surface area contributed by atoms with Gasteiger partial charge in [0.25, 0.3) is 0 Å². The zero-order valence-corrected chi connectivity index (χ0v) is 14.0. The molecule has 0 aromatic rings. The van der Waals surface area contributed by atoms with Gasteiger partial charge in [0.2, 0.25) is 0 Å². The van der Waals surface area contributed by atoms with Gasteiger partial charge in [0.15, 0.2) is 5.96 Å². The molecule has 2 bridgehead atoms. The fourth-order valence-electron chi connectivity index (χ4n) is 3.30. The molecule has 0 aliphatic carbocycles. The summed E-state index contributed by atoms with van der Waals surface area (Å²) in [6.45, 7) is 13.6. The van der Waals surface area contributed by atoms with Crippen LogP contribution in [0.25, 0.3) is 0 Å². The van der Waals surface area contributed by atoms with Crippen LogP contribution in [0, 0.1) is 5.92 Å². The van der Waals surface area contributed by atoms with E-state index >= 15 is 0 Å². The van der Waals surface area contributed by atoms with Crippen LogP contribution >= 0.6 is 0 Å². The molecule has 3 heterocycles. The lowest BCUT2D eigenvalue weighted by atomic mass is 10.0. The number of nitrogens with one attached hydrogen (secondary N) is 1. The summed E-state index contributed by atoms with van der Waals surface area (Å²) >= 11 is 0. The van der Waals surface area contributed by atoms with Gasteiger partial charge in [-0.05, 0) is 19.3 Å². The summed E-state index contributed by atoms with van der Waals surface area (Å²) in [4.78, 5) is 9.66. The fourth-order valence-corrected chi connectivity index (χ4v) is 3.30. The predicted octanol–water partition coefficient (Wildman–Crippen LogP) is 1.11. The Labute approximate surface area is 130 Å². The van der Waals surface area contributed by atoms with E-state index in [0.29, 0.717) is 18.0 Å². The zero-order valence-electron chi connectivity index (χ0n) is 14.0. The Hall–Kier alpha value is -0.810. The molecule has 5 heteroatoms. The van der Waals surface area contributed by atoms with Crippen LogP contribution in [0.1, 0.15) is 40.0 Å². The van der Waals surface area contributed by atoms with Crippen molar-refractivity contribution in [3.8, 4) is 0 Å². The first-order chi connectivity index (χ1) is 10.0. The van der Waals surface area contributed by atoms with Gasteiger partial charge in [0, 0.05) is 44.8 Å². The third kappa shape index (κ3) is 5.47. The minimum absolute atomic E-state index is 0.416. The van der Waals surface area contributed by atoms with E-state index in [1.165, 1.54) is 39.0 Å². The first-order valence-corrected chi connectivity index (χ1v) is 8.57. The van der Waals surface area contributed by atoms with E-state index in [4.69, 9.17) is 5.73 Å². The van der Waals surface area contributed by atoms with Crippen LogP contribution in [-0.4, -0.2) is 67.1 Å². The van der Waals surface area contributed by atoms with Crippen LogP contribution < -0.4 is 11.1 Å². The molecule has 0 saturated carbocycles. The molecule has 3 saturated heterocycles. The lowest BCUT2D eigenvalue weighted by Crippen LogP contribution is -2.62. The van der Waals surface area contributed by atoms with Crippen molar-refractivity contribution in [2.24, 2.45) is 16.6 Å². The van der Waals surface area contributed by atoms with Crippen LogP contribution in [0.3, 0.4) is 0 Å². The minimum Gasteiger partial charge on any atom is -0.370 e. The Morgan fingerprint density at radius 2 is 1.90 bits per heavy atom. The first kappa shape index (κ1) is 16.6. The molecular weight excluding hydrogens is 262 g/mol. The lowest BCUT2D eigenvalue weighted by molar-refractivity contribution is 0.0174. The number of fused-ring (bicyclic) bond motifs is 3. The number of piperazine rings is 3. The van der Waals surface area contributed by atoms with E-state index in [1.54, 1.807) is 0 Å². The van der Waals surface area contributed by atoms with E-state index in [0.717, 1.165) is 25.4 Å². The van der Waals surface area contributed by atoms with Crippen molar-refractivity contribution in [1.29, 1.82) is 0 Å². The molecule has 122 valence electrons. The van der Waals surface area contributed by atoms with Gasteiger partial charge >= 0.3 is 0 Å². The van der Waals surface area contributed by atoms with Gasteiger partial charge < -0.3 is 11.1 Å². The van der Waals surface area contributed by atoms with Crippen molar-refractivity contribution in [3.63, 3.8) is 0 Å². The highest BCUT2D eigenvalue weighted by atomic mass is 15.3. The van der Waals surface area contributed by atoms with E-state index in [9.17, 15) is 0 Å². The highest BCUT2D eigenvalue weighted by molar-refractivity contribution is 5.78. The number of rotatable bonds is 7. The zero-order chi connectivity index (χ0) is 15.2. The Morgan fingerprint density at radius 3 is 2.48 bits per heavy atom. The molecule has 3 N–H and O–H groups in total. The molecule has 21 heavy (non-hydrogen) atoms. The third-order valence-corrected chi connectivity index (χ3v) is 4.68. The molecule has 2 unspecified atom stereocenters. The van der Waals surface area contributed by atoms with Gasteiger partial charge in [0.1, 0.15) is 0 Å². The Kier molecular flexibility index (Phi) is 6.30. The third-order valence-electron chi connectivity index (χ3n) is 4.68. The molecule has 3 fully saturated rings. The number of hydrogen-bond donors (Lipinski definition) is 2. The van der Waals surface area contributed by atoms with Crippen molar-refractivity contribution in [2.75, 3.05) is 39.3 Å². The normalized spacial score (nSPS) is 30.7. The number of aliphatic imine (C=N–C) groups is 1. The van der Waals surface area contributed by atoms with Crippen LogP contribution in [0.5, 0.6) is 0 Å². The second-order valence-corrected chi connectivity index (χ2v) is 7.09. The van der Waals surface area contributed by atoms with Crippen LogP contribution in [0.4, 0.5) is 0 Å². The van der Waals surface area contributed by atoms with Gasteiger partial charge in [-0.1, -0.05) is 26.7 Å². The summed E-state index contributed by atoms with van der Waals surface area (Å²) in [6.07, 6.45) is 3.71. The standard InChI is InChI=1S/C16H33N5/c1-13(2)5-4-6-14(3)19-16(17)18-11-15-12-20-7-9-21(15)10-8-20/h13-15H,4-12H2,1-3H3,(H3,17,18,19). The highest BCUT2D eigenvalue weighted by Gasteiger charge is 2.31. The van der Waals surface area contributed by atoms with Crippen molar-refractivity contribution < 1.29 is 0 Å². The second kappa shape index (κ2) is 7.99. The largest absolute Gasteiger partial charge is 0.370 e. The van der Waals surface area contributed by atoms with E-state index in [2.05, 4.69) is 40.9 Å². The smallest absolute Gasteiger partial charge is 0.188 e. The maximum atomic E-state index is 6.03. The van der Waals surface area contributed by atoms with Gasteiger partial charge in [-0.2, -0.15) is 0 Å². The van der Waals surface area contributed by atoms with Gasteiger partial charge in [-0.3, -0.25) is 14.8 Å². The predicted molar refractivity (Wildman–Crippen MR) is 89.6 cm³/mol. The van der Waals surface area contributed by atoms with Gasteiger partial charge in [-0.25, -0.2) is 0 Å². The van der Waals surface area contributed by atoms with Crippen molar-refractivity contribution >= 4 is 5.96 Å². The number of hydrogen-bond acceptors (Lipinski definition) is 3. The topological polar surface area (TPSA) is 56.9 Å². The van der Waals surface area contributed by atoms with Crippen molar-refractivity contribution in [1.82, 2.24) is 15.1 Å². The van der Waals surface area contributed by atoms with Crippen molar-refractivity contribution in [3.05, 3.63) is 0 Å². The fraction of sp³-hybridized carbons (Fsp3) is 0.938. The molecule has 5 nitrogen and oxygen atoms in total. The van der Waals surface area contributed by atoms with Gasteiger partial charge in [-0.15, -0.1) is 0 Å². The molecule has 0 aromatic heterocycles. The summed E-state index contributed by atoms with van der Waals surface area (Å²) in [6, 6.07) is 0.975. The molecule has 3 aliphatic heterocycles. The summed E-state index contributed by atoms with van der Waals surface area (Å²) in [5, 5.41) is 3.33. The summed E-state index contributed by atoms with van der Waals surface area (Å²) < 4.78 is 0. The number of nitrogens with two attached hydrogens (primary N) is 1. The number of guanidine groups is 1. The molecule has 3 rings (SSSR count). The Balaban J connectivity index is 1.66. The van der Waals surface area contributed by atoms with E-state index < -0.39 is 0 Å². The molecule has 0 radical (unpaired) electrons. The lowest BCUT2D eigenvalue weighted by Gasteiger charge is -2.47. The van der Waals surface area contributed by atoms with Crippen molar-refractivity contribution in [2.45, 2.75) is 52.1 Å². The van der Waals surface area contributed by atoms with Crippen LogP contribution in [0.2, 0.25) is 0 Å². The molecule has 3 aliphatic rings. The monoisotopic (exact) mass is 295 g/mol. The van der Waals surface area contributed by atoms with E-state index in [-0.39, 0.29) is 0 Å². The maximum Gasteiger partial charge on any atom is 0.188 e. The molecule has 0 spiro atoms. The summed E-state index contributed by atoms with van der Waals surface area (Å²) in [5.41, 5.74) is 6.03. The maximum absolute atomic E-state index is 6.03. The number of nitrogens with zero attached hydrogens (tertiary/aromatic N) is 3. The first-order valence-electron chi connectivity index (χ1n) is 8.57. The second-order valence-electron chi connectivity index (χ2n) is 7.09. The summed E-state index contributed by atoms with van der Waals surface area (Å²) in [5.74, 6) is 1.40. The Morgan fingerprint density at radius 1 is 1.19 bits per heavy atom. The SMILES string of the molecule is CC(C)CCCC(C)NC(N)=NCC1CN2CCN1CC2. The van der Waals surface area contributed by atoms with Gasteiger partial charge in [0.05, 0.1) is 6.54 Å². The molecule has 2 atom stereocenters. The molecule has 0 amide bonds. The molecular formula is C16H33N5. The summed E-state index contributed by atoms with van der Waals surface area (Å²) in [7, 11) is 0. The average molecular weight is 295 g/mol. The highest BCUT2D eigenvalue weighted by Crippen LogP contribution is 2.15. The van der Waals surface area contributed by atoms with Crippen LogP contribution in [-0.2, 0) is 0 Å². The average Bonchev–Trinajstić information content (AvgIpc) is 2.46.